The van der Waals surface area contributed by atoms with Crippen molar-refractivity contribution in [3.63, 3.8) is 0 Å². The lowest BCUT2D eigenvalue weighted by atomic mass is 10.2. The Balaban J connectivity index is 2.23. The number of hydrogen-bond donors (Lipinski definition) is 0. The number of halogens is 1. The van der Waals surface area contributed by atoms with Crippen molar-refractivity contribution in [2.24, 2.45) is 0 Å². The van der Waals surface area contributed by atoms with Crippen molar-refractivity contribution in [2.45, 2.75) is 0 Å². The van der Waals surface area contributed by atoms with Gasteiger partial charge in [0.15, 0.2) is 0 Å². The summed E-state index contributed by atoms with van der Waals surface area (Å²) in [6.45, 7) is 0.212. The Bertz CT molecular complexity index is 648. The summed E-state index contributed by atoms with van der Waals surface area (Å²) in [6, 6.07) is 5.48. The third kappa shape index (κ3) is 3.16. The van der Waals surface area contributed by atoms with Crippen molar-refractivity contribution in [2.75, 3.05) is 13.7 Å². The van der Waals surface area contributed by atoms with Gasteiger partial charge < -0.3 is 4.74 Å². The summed E-state index contributed by atoms with van der Waals surface area (Å²) in [7, 11) is 1.47. The summed E-state index contributed by atoms with van der Waals surface area (Å²) in [5, 5.41) is -0.259. The quantitative estimate of drug-likeness (QED) is 0.446. The first-order valence-corrected chi connectivity index (χ1v) is 7.50. The largest absolute Gasteiger partial charge is 0.480 e. The molecule has 1 saturated heterocycles. The lowest BCUT2D eigenvalue weighted by Gasteiger charge is -2.06. The zero-order chi connectivity index (χ0) is 14.7. The molecule has 0 radical (unpaired) electrons. The predicted molar refractivity (Wildman–Crippen MR) is 87.2 cm³/mol. The minimum Gasteiger partial charge on any atom is -0.480 e. The van der Waals surface area contributed by atoms with Crippen LogP contribution in [0.25, 0.3) is 6.08 Å². The third-order valence-corrected chi connectivity index (χ3v) is 4.36. The fourth-order valence-corrected chi connectivity index (χ4v) is 3.06. The van der Waals surface area contributed by atoms with Crippen molar-refractivity contribution in [3.8, 4) is 18.1 Å². The highest BCUT2D eigenvalue weighted by Crippen LogP contribution is 2.32. The van der Waals surface area contributed by atoms with Gasteiger partial charge in [0.25, 0.3) is 11.1 Å². The average molecular weight is 399 g/mol. The molecular weight excluding hydrogens is 389 g/mol. The number of carbonyl (C=O) groups excluding carboxylic acids is 2. The van der Waals surface area contributed by atoms with Crippen LogP contribution in [0.1, 0.15) is 5.56 Å². The molecule has 20 heavy (non-hydrogen) atoms. The van der Waals surface area contributed by atoms with Crippen LogP contribution >= 0.6 is 34.4 Å². The van der Waals surface area contributed by atoms with E-state index in [4.69, 9.17) is 11.2 Å². The van der Waals surface area contributed by atoms with E-state index in [9.17, 15) is 9.59 Å². The highest BCUT2D eigenvalue weighted by Gasteiger charge is 2.31. The molecule has 0 unspecified atom stereocenters. The van der Waals surface area contributed by atoms with Gasteiger partial charge in [0, 0.05) is 7.05 Å². The minimum absolute atomic E-state index is 0.212. The molecule has 102 valence electrons. The van der Waals surface area contributed by atoms with E-state index in [2.05, 4.69) is 28.5 Å². The second kappa shape index (κ2) is 6.33. The van der Waals surface area contributed by atoms with Gasteiger partial charge >= 0.3 is 0 Å². The summed E-state index contributed by atoms with van der Waals surface area (Å²) >= 11 is 3.07. The molecule has 0 saturated carbocycles. The van der Waals surface area contributed by atoms with Crippen molar-refractivity contribution >= 4 is 51.6 Å². The number of terminal acetylenes is 1. The average Bonchev–Trinajstić information content (AvgIpc) is 2.65. The van der Waals surface area contributed by atoms with Gasteiger partial charge in [0.05, 0.1) is 8.48 Å². The fraction of sp³-hybridized carbons (Fsp3) is 0.143. The number of hydrogen-bond acceptors (Lipinski definition) is 4. The number of nitrogens with zero attached hydrogens (tertiary/aromatic N) is 1. The standard InChI is InChI=1S/C14H10INO3S/c1-3-6-19-11-5-4-9(7-10(11)15)8-12-13(17)16(2)14(18)20-12/h1,4-5,7-8H,6H2,2H3/b12-8-. The van der Waals surface area contributed by atoms with Crippen LogP contribution in [0.5, 0.6) is 5.75 Å². The molecule has 1 aliphatic rings. The van der Waals surface area contributed by atoms with Gasteiger partial charge in [-0.2, -0.15) is 0 Å². The molecule has 1 fully saturated rings. The van der Waals surface area contributed by atoms with Gasteiger partial charge in [-0.25, -0.2) is 0 Å². The van der Waals surface area contributed by atoms with Crippen molar-refractivity contribution in [3.05, 3.63) is 32.2 Å². The van der Waals surface area contributed by atoms with Crippen LogP contribution in [0.4, 0.5) is 4.79 Å². The summed E-state index contributed by atoms with van der Waals surface area (Å²) in [4.78, 5) is 24.7. The summed E-state index contributed by atoms with van der Waals surface area (Å²) in [6.07, 6.45) is 6.84. The highest BCUT2D eigenvalue weighted by molar-refractivity contribution is 14.1. The third-order valence-electron chi connectivity index (χ3n) is 2.55. The summed E-state index contributed by atoms with van der Waals surface area (Å²) in [5.41, 5.74) is 0.835. The maximum Gasteiger partial charge on any atom is 0.293 e. The molecule has 6 heteroatoms. The van der Waals surface area contributed by atoms with Crippen molar-refractivity contribution in [1.82, 2.24) is 4.90 Å². The van der Waals surface area contributed by atoms with E-state index in [1.165, 1.54) is 7.05 Å². The van der Waals surface area contributed by atoms with Gasteiger partial charge in [-0.3, -0.25) is 14.5 Å². The molecule has 1 aromatic carbocycles. The van der Waals surface area contributed by atoms with E-state index in [-0.39, 0.29) is 17.8 Å². The second-order valence-corrected chi connectivity index (χ2v) is 6.08. The van der Waals surface area contributed by atoms with Crippen LogP contribution < -0.4 is 4.74 Å². The fourth-order valence-electron chi connectivity index (χ4n) is 1.54. The van der Waals surface area contributed by atoms with Crippen LogP contribution in [-0.2, 0) is 4.79 Å². The molecule has 0 bridgehead atoms. The smallest absolute Gasteiger partial charge is 0.293 e. The van der Waals surface area contributed by atoms with Gasteiger partial charge in [0.1, 0.15) is 12.4 Å². The molecule has 0 aromatic heterocycles. The molecule has 0 spiro atoms. The van der Waals surface area contributed by atoms with E-state index >= 15 is 0 Å². The van der Waals surface area contributed by atoms with E-state index in [0.717, 1.165) is 25.8 Å². The first-order valence-electron chi connectivity index (χ1n) is 5.60. The molecule has 1 aliphatic heterocycles. The molecule has 1 aromatic rings. The lowest BCUT2D eigenvalue weighted by Crippen LogP contribution is -2.22. The molecular formula is C14H10INO3S. The number of carbonyl (C=O) groups is 2. The topological polar surface area (TPSA) is 46.6 Å². The zero-order valence-corrected chi connectivity index (χ0v) is 13.5. The lowest BCUT2D eigenvalue weighted by molar-refractivity contribution is -0.121. The van der Waals surface area contributed by atoms with Crippen LogP contribution in [0.3, 0.4) is 0 Å². The van der Waals surface area contributed by atoms with Crippen LogP contribution in [0.2, 0.25) is 0 Å². The molecule has 0 atom stereocenters. The van der Waals surface area contributed by atoms with Gasteiger partial charge in [-0.05, 0) is 58.1 Å². The Hall–Kier alpha value is -1.46. The molecule has 0 N–H and O–H groups in total. The minimum atomic E-state index is -0.275. The van der Waals surface area contributed by atoms with Gasteiger partial charge in [0.2, 0.25) is 0 Å². The number of benzene rings is 1. The van der Waals surface area contributed by atoms with Crippen molar-refractivity contribution in [1.29, 1.82) is 0 Å². The number of ether oxygens (including phenoxy) is 1. The first-order chi connectivity index (χ1) is 9.52. The zero-order valence-electron chi connectivity index (χ0n) is 10.6. The van der Waals surface area contributed by atoms with E-state index in [1.807, 2.05) is 12.1 Å². The Labute approximate surface area is 134 Å². The van der Waals surface area contributed by atoms with Crippen LogP contribution in [-0.4, -0.2) is 29.7 Å². The van der Waals surface area contributed by atoms with Crippen LogP contribution in [0.15, 0.2) is 23.1 Å². The first kappa shape index (κ1) is 14.9. The summed E-state index contributed by atoms with van der Waals surface area (Å²) in [5.74, 6) is 2.83. The Morgan fingerprint density at radius 2 is 2.25 bits per heavy atom. The number of likely N-dealkylation sites (N-methyl/N-ethyl adjacent to an activating group) is 1. The highest BCUT2D eigenvalue weighted by atomic mass is 127. The van der Waals surface area contributed by atoms with E-state index < -0.39 is 0 Å². The monoisotopic (exact) mass is 399 g/mol. The molecule has 0 aliphatic carbocycles. The number of thioether (sulfide) groups is 1. The second-order valence-electron chi connectivity index (χ2n) is 3.92. The maximum absolute atomic E-state index is 11.8. The van der Waals surface area contributed by atoms with Gasteiger partial charge in [-0.15, -0.1) is 6.42 Å². The van der Waals surface area contributed by atoms with Crippen LogP contribution in [0, 0.1) is 15.9 Å². The molecule has 4 nitrogen and oxygen atoms in total. The van der Waals surface area contributed by atoms with Crippen molar-refractivity contribution < 1.29 is 14.3 Å². The Morgan fingerprint density at radius 1 is 1.50 bits per heavy atom. The SMILES string of the molecule is C#CCOc1ccc(/C=C2\SC(=O)N(C)C2=O)cc1I. The Kier molecular flexibility index (Phi) is 4.73. The molecule has 2 amide bonds. The maximum atomic E-state index is 11.8. The Morgan fingerprint density at radius 3 is 2.80 bits per heavy atom. The predicted octanol–water partition coefficient (Wildman–Crippen LogP) is 2.97. The summed E-state index contributed by atoms with van der Waals surface area (Å²) < 4.78 is 6.26. The number of rotatable bonds is 3. The van der Waals surface area contributed by atoms with E-state index in [1.54, 1.807) is 12.1 Å². The van der Waals surface area contributed by atoms with Gasteiger partial charge in [-0.1, -0.05) is 12.0 Å². The number of imide groups is 1. The van der Waals surface area contributed by atoms with E-state index in [0.29, 0.717) is 10.7 Å². The number of amides is 2. The normalized spacial score (nSPS) is 16.6. The molecule has 2 rings (SSSR count). The molecule has 1 heterocycles.